The maximum atomic E-state index is 5.75. The van der Waals surface area contributed by atoms with Crippen LogP contribution in [0, 0.1) is 13.5 Å². The molecule has 0 aliphatic carbocycles. The standard InChI is InChI=1S/C29H32N2.C2H6.CH4.CH3.Y/c1-20(16-22(3)28-18-24-11-7-9-13-26(24)30(28)5)15-21(2)17-23(4)29-19-25-12-8-10-14-27(25)31(29)6;1-2;;;/h7-14,16-17H,18-19H2,1-6H3;1-2H3;1H4;1H3;/q;;;-1;/i;;1T;;. The Bertz CT molecular complexity index is 1200. The van der Waals surface area contributed by atoms with E-state index in [-0.39, 0.29) is 40.1 Å². The average Bonchev–Trinajstić information content (AvgIpc) is 3.39. The molecule has 0 fully saturated rings. The molecule has 0 amide bonds. The van der Waals surface area contributed by atoms with Crippen LogP contribution in [0.15, 0.2) is 88.7 Å². The van der Waals surface area contributed by atoms with Gasteiger partial charge < -0.3 is 12.3 Å². The predicted molar refractivity (Wildman–Crippen MR) is 157 cm³/mol. The fourth-order valence-corrected chi connectivity index (χ4v) is 4.87. The largest absolute Gasteiger partial charge is 0.358 e. The number of para-hydroxylation sites is 2. The third kappa shape index (κ3) is 7.50. The fourth-order valence-electron chi connectivity index (χ4n) is 4.87. The first-order valence-corrected chi connectivity index (χ1v) is 12.0. The van der Waals surface area contributed by atoms with Crippen LogP contribution in [0.5, 0.6) is 0 Å². The molecule has 1 radical (unpaired) electrons. The third-order valence-electron chi connectivity index (χ3n) is 6.40. The smallest absolute Gasteiger partial charge is 0.208 e. The van der Waals surface area contributed by atoms with Crippen LogP contribution in [0.25, 0.3) is 0 Å². The zero-order chi connectivity index (χ0) is 26.1. The van der Waals surface area contributed by atoms with E-state index in [4.69, 9.17) is 1.37 Å². The van der Waals surface area contributed by atoms with E-state index in [2.05, 4.69) is 118 Å². The second kappa shape index (κ2) is 15.3. The summed E-state index contributed by atoms with van der Waals surface area (Å²) < 4.78 is 8.07. The molecule has 2 aliphatic heterocycles. The fraction of sp³-hybridized carbons (Fsp3) is 0.333. The number of fused-ring (bicyclic) bond motifs is 2. The zero-order valence-electron chi connectivity index (χ0n) is 25.2. The molecule has 0 N–H and O–H groups in total. The van der Waals surface area contributed by atoms with Gasteiger partial charge in [0, 0.05) is 70.6 Å². The number of nitrogens with zero attached hydrogens (tertiary/aromatic N) is 2. The van der Waals surface area contributed by atoms with E-state index in [1.165, 1.54) is 52.5 Å². The van der Waals surface area contributed by atoms with Gasteiger partial charge in [0.1, 0.15) is 7.05 Å². The first kappa shape index (κ1) is 32.0. The number of allylic oxidation sites excluding steroid dienone is 8. The molecule has 4 rings (SSSR count). The number of anilines is 1. The van der Waals surface area contributed by atoms with E-state index < -0.39 is 0 Å². The van der Waals surface area contributed by atoms with Gasteiger partial charge in [0.15, 0.2) is 5.71 Å². The van der Waals surface area contributed by atoms with Gasteiger partial charge in [-0.1, -0.05) is 77.1 Å². The third-order valence-corrected chi connectivity index (χ3v) is 6.40. The van der Waals surface area contributed by atoms with Crippen molar-refractivity contribution < 1.29 is 38.7 Å². The Labute approximate surface area is 248 Å². The molecular weight excluding hydrogens is 513 g/mol. The summed E-state index contributed by atoms with van der Waals surface area (Å²) >= 11 is 0. The summed E-state index contributed by atoms with van der Waals surface area (Å²) in [5.41, 5.74) is 13.1. The number of rotatable bonds is 4. The quantitative estimate of drug-likeness (QED) is 0.206. The molecule has 2 nitrogen and oxygen atoms in total. The van der Waals surface area contributed by atoms with Crippen molar-refractivity contribution in [2.75, 3.05) is 19.0 Å². The van der Waals surface area contributed by atoms with Crippen LogP contribution in [0.4, 0.5) is 11.4 Å². The molecule has 2 aromatic carbocycles. The summed E-state index contributed by atoms with van der Waals surface area (Å²) in [4.78, 5) is 2.32. The van der Waals surface area contributed by atoms with E-state index >= 15 is 0 Å². The minimum atomic E-state index is 0. The number of benzene rings is 2. The van der Waals surface area contributed by atoms with E-state index in [9.17, 15) is 0 Å². The Hall–Kier alpha value is -2.03. The summed E-state index contributed by atoms with van der Waals surface area (Å²) in [5, 5.41) is 0. The van der Waals surface area contributed by atoms with Crippen LogP contribution in [0.2, 0.25) is 0 Å². The van der Waals surface area contributed by atoms with Gasteiger partial charge in [0.25, 0.3) is 0 Å². The number of hydrogen-bond donors (Lipinski definition) is 0. The summed E-state index contributed by atoms with van der Waals surface area (Å²) in [6.07, 6.45) is 10.1. The molecule has 0 bridgehead atoms. The molecular formula is C33H45N2Y-. The van der Waals surface area contributed by atoms with Crippen molar-refractivity contribution in [1.82, 2.24) is 0 Å². The molecule has 2 aliphatic rings. The molecule has 0 saturated carbocycles. The molecule has 0 unspecified atom stereocenters. The zero-order valence-corrected chi connectivity index (χ0v) is 27.0. The SMILES string of the molecule is CC.CC(=[C-]\C(C)=C\C(C)=C1/Cc2ccccc2N1C)/C=C(\C)C1=[N+](C)c2ccccc2C1.[3H]C.[CH3-].[Y]. The Balaban J connectivity index is 0.00000206. The van der Waals surface area contributed by atoms with Crippen molar-refractivity contribution in [2.24, 2.45) is 0 Å². The normalized spacial score (nSPS) is 16.3. The van der Waals surface area contributed by atoms with Gasteiger partial charge in [0.2, 0.25) is 5.69 Å². The van der Waals surface area contributed by atoms with Crippen molar-refractivity contribution in [3.8, 4) is 0 Å². The average molecular weight is 561 g/mol. The molecule has 191 valence electrons. The van der Waals surface area contributed by atoms with Gasteiger partial charge >= 0.3 is 0 Å². The maximum Gasteiger partial charge on any atom is 0.208 e. The number of hydrogen-bond acceptors (Lipinski definition) is 1. The molecule has 0 atom stereocenters. The summed E-state index contributed by atoms with van der Waals surface area (Å²) in [6.45, 7) is 12.7. The van der Waals surface area contributed by atoms with Crippen LogP contribution in [-0.2, 0) is 45.6 Å². The van der Waals surface area contributed by atoms with Gasteiger partial charge in [-0.2, -0.15) is 27.9 Å². The van der Waals surface area contributed by atoms with Crippen LogP contribution in [0.3, 0.4) is 0 Å². The van der Waals surface area contributed by atoms with Crippen molar-refractivity contribution in [2.45, 2.75) is 61.8 Å². The van der Waals surface area contributed by atoms with Gasteiger partial charge in [-0.3, -0.25) is 0 Å². The summed E-state index contributed by atoms with van der Waals surface area (Å²) in [7, 11) is 5.58. The molecule has 36 heavy (non-hydrogen) atoms. The predicted octanol–water partition coefficient (Wildman–Crippen LogP) is 8.68. The molecule has 0 aromatic heterocycles. The molecule has 3 heteroatoms. The Morgan fingerprint density at radius 1 is 0.944 bits per heavy atom. The van der Waals surface area contributed by atoms with Gasteiger partial charge in [-0.25, -0.2) is 0 Å². The van der Waals surface area contributed by atoms with Crippen LogP contribution < -0.4 is 4.90 Å². The minimum Gasteiger partial charge on any atom is -0.358 e. The van der Waals surface area contributed by atoms with E-state index in [0.717, 1.165) is 24.0 Å². The minimum absolute atomic E-state index is 0. The van der Waals surface area contributed by atoms with Crippen molar-refractivity contribution >= 4 is 17.1 Å². The van der Waals surface area contributed by atoms with Crippen molar-refractivity contribution in [1.29, 1.82) is 0 Å². The molecule has 2 aromatic rings. The Morgan fingerprint density at radius 2 is 1.53 bits per heavy atom. The first-order valence-electron chi connectivity index (χ1n) is 13.0. The monoisotopic (exact) mass is 560 g/mol. The van der Waals surface area contributed by atoms with Crippen molar-refractivity contribution in [3.05, 3.63) is 113 Å². The van der Waals surface area contributed by atoms with E-state index in [0.29, 0.717) is 0 Å². The molecule has 2 heterocycles. The topological polar surface area (TPSA) is 6.25 Å². The second-order valence-corrected chi connectivity index (χ2v) is 8.77. The molecule has 0 spiro atoms. The number of likely N-dealkylation sites (N-methyl/N-ethyl adjacent to an activating group) is 1. The Morgan fingerprint density at radius 3 is 2.14 bits per heavy atom. The van der Waals surface area contributed by atoms with E-state index in [1.807, 2.05) is 13.8 Å². The van der Waals surface area contributed by atoms with Crippen LogP contribution >= 0.6 is 0 Å². The second-order valence-electron chi connectivity index (χ2n) is 8.77. The molecule has 0 saturated heterocycles. The first-order chi connectivity index (χ1) is 16.8. The van der Waals surface area contributed by atoms with Gasteiger partial charge in [0.05, 0.1) is 6.42 Å². The van der Waals surface area contributed by atoms with Crippen LogP contribution in [-0.4, -0.2) is 24.4 Å². The van der Waals surface area contributed by atoms with E-state index in [1.54, 1.807) is 0 Å². The van der Waals surface area contributed by atoms with Gasteiger partial charge in [-0.15, -0.1) is 6.08 Å². The summed E-state index contributed by atoms with van der Waals surface area (Å²) in [6, 6.07) is 17.3. The van der Waals surface area contributed by atoms with Gasteiger partial charge in [-0.05, 0) is 31.1 Å². The van der Waals surface area contributed by atoms with Crippen LogP contribution in [0.1, 0.15) is 61.4 Å². The maximum absolute atomic E-state index is 5.75. The summed E-state index contributed by atoms with van der Waals surface area (Å²) in [5.74, 6) is 0. The Kier molecular flexibility index (Phi) is 13.6. The van der Waals surface area contributed by atoms with Crippen molar-refractivity contribution in [3.63, 3.8) is 0 Å².